The summed E-state index contributed by atoms with van der Waals surface area (Å²) < 4.78 is 0. The van der Waals surface area contributed by atoms with E-state index in [0.717, 1.165) is 12.8 Å². The summed E-state index contributed by atoms with van der Waals surface area (Å²) in [5.41, 5.74) is 0. The van der Waals surface area contributed by atoms with Crippen LogP contribution >= 0.6 is 0 Å². The number of unbranched alkanes of at least 4 members (excludes halogenated alkanes) is 14. The first-order chi connectivity index (χ1) is 12.2. The van der Waals surface area contributed by atoms with Crippen LogP contribution in [0.5, 0.6) is 0 Å². The minimum atomic E-state index is -0.578. The summed E-state index contributed by atoms with van der Waals surface area (Å²) in [4.78, 5) is 11.5. The van der Waals surface area contributed by atoms with Gasteiger partial charge < -0.3 is 10.4 Å². The number of carbonyl (C=O) groups excluding carboxylic acids is 1. The van der Waals surface area contributed by atoms with Crippen molar-refractivity contribution in [1.82, 2.24) is 10.6 Å². The summed E-state index contributed by atoms with van der Waals surface area (Å²) >= 11 is 0. The maximum atomic E-state index is 11.5. The summed E-state index contributed by atoms with van der Waals surface area (Å²) in [5.74, 6) is 0.0721. The van der Waals surface area contributed by atoms with Crippen molar-refractivity contribution >= 4 is 5.91 Å². The molecule has 4 heteroatoms. The minimum Gasteiger partial charge on any atom is -0.379 e. The van der Waals surface area contributed by atoms with Crippen LogP contribution in [0.4, 0.5) is 0 Å². The number of carbonyl (C=O) groups is 1. The molecule has 0 aromatic rings. The largest absolute Gasteiger partial charge is 0.379 e. The molecule has 0 spiro atoms. The highest BCUT2D eigenvalue weighted by atomic mass is 16.3. The molecule has 0 rings (SSSR count). The van der Waals surface area contributed by atoms with Crippen LogP contribution < -0.4 is 10.6 Å². The van der Waals surface area contributed by atoms with Gasteiger partial charge in [0.05, 0.1) is 6.67 Å². The molecular formula is C21H44N2O2. The molecule has 0 bridgehead atoms. The molecule has 3 N–H and O–H groups in total. The van der Waals surface area contributed by atoms with E-state index in [0.29, 0.717) is 13.1 Å². The van der Waals surface area contributed by atoms with Crippen LogP contribution in [0.15, 0.2) is 0 Å². The van der Waals surface area contributed by atoms with E-state index < -0.39 is 6.23 Å². The number of rotatable bonds is 19. The highest BCUT2D eigenvalue weighted by Crippen LogP contribution is 2.13. The second-order valence-electron chi connectivity index (χ2n) is 7.36. The van der Waals surface area contributed by atoms with Crippen molar-refractivity contribution in [1.29, 1.82) is 0 Å². The summed E-state index contributed by atoms with van der Waals surface area (Å²) in [6.07, 6.45) is 20.1. The average Bonchev–Trinajstić information content (AvgIpc) is 2.58. The van der Waals surface area contributed by atoms with E-state index in [2.05, 4.69) is 17.6 Å². The van der Waals surface area contributed by atoms with E-state index in [1.54, 1.807) is 6.92 Å². The molecule has 0 saturated heterocycles. The zero-order valence-electron chi connectivity index (χ0n) is 17.0. The Morgan fingerprint density at radius 3 is 1.56 bits per heavy atom. The van der Waals surface area contributed by atoms with Crippen molar-refractivity contribution in [3.05, 3.63) is 0 Å². The predicted octanol–water partition coefficient (Wildman–Crippen LogP) is 5.25. The monoisotopic (exact) mass is 356 g/mol. The molecule has 0 fully saturated rings. The van der Waals surface area contributed by atoms with Crippen molar-refractivity contribution in [2.75, 3.05) is 6.67 Å². The standard InChI is InChI=1S/C21H44N2O2/c1-3-4-5-6-7-8-9-10-11-12-13-14-15-16-17-18-21(25)23-19-22-20(2)24/h20,22,24H,3-19H2,1-2H3,(H,23,25). The fourth-order valence-corrected chi connectivity index (χ4v) is 3.04. The quantitative estimate of drug-likeness (QED) is 0.219. The Bertz CT molecular complexity index is 283. The lowest BCUT2D eigenvalue weighted by molar-refractivity contribution is -0.121. The maximum absolute atomic E-state index is 11.5. The number of nitrogens with one attached hydrogen (secondary N) is 2. The normalized spacial score (nSPS) is 12.3. The van der Waals surface area contributed by atoms with Crippen LogP contribution in [0.2, 0.25) is 0 Å². The Kier molecular flexibility index (Phi) is 19.2. The first-order valence-corrected chi connectivity index (χ1v) is 10.8. The third kappa shape index (κ3) is 21.3. The molecule has 25 heavy (non-hydrogen) atoms. The van der Waals surface area contributed by atoms with Gasteiger partial charge in [0, 0.05) is 6.42 Å². The lowest BCUT2D eigenvalue weighted by atomic mass is 10.0. The zero-order chi connectivity index (χ0) is 18.6. The topological polar surface area (TPSA) is 61.4 Å². The van der Waals surface area contributed by atoms with Gasteiger partial charge in [-0.25, -0.2) is 0 Å². The average molecular weight is 357 g/mol. The van der Waals surface area contributed by atoms with Crippen LogP contribution in [0.25, 0.3) is 0 Å². The number of hydrogen-bond donors (Lipinski definition) is 3. The van der Waals surface area contributed by atoms with Gasteiger partial charge in [0.2, 0.25) is 5.91 Å². The lowest BCUT2D eigenvalue weighted by Gasteiger charge is -2.08. The molecule has 0 aliphatic heterocycles. The molecule has 150 valence electrons. The number of aliphatic hydroxyl groups excluding tert-OH is 1. The Morgan fingerprint density at radius 1 is 0.760 bits per heavy atom. The molecule has 0 heterocycles. The van der Waals surface area contributed by atoms with E-state index in [-0.39, 0.29) is 5.91 Å². The molecule has 0 radical (unpaired) electrons. The summed E-state index contributed by atoms with van der Waals surface area (Å²) in [7, 11) is 0. The van der Waals surface area contributed by atoms with E-state index in [4.69, 9.17) is 5.11 Å². The van der Waals surface area contributed by atoms with Gasteiger partial charge in [-0.1, -0.05) is 96.8 Å². The second-order valence-corrected chi connectivity index (χ2v) is 7.36. The van der Waals surface area contributed by atoms with Gasteiger partial charge in [-0.2, -0.15) is 0 Å². The molecule has 1 unspecified atom stereocenters. The Balaban J connectivity index is 3.10. The Morgan fingerprint density at radius 2 is 1.16 bits per heavy atom. The summed E-state index contributed by atoms with van der Waals surface area (Å²) in [6, 6.07) is 0. The molecule has 0 aromatic carbocycles. The van der Waals surface area contributed by atoms with Crippen LogP contribution in [-0.4, -0.2) is 23.9 Å². The number of aliphatic hydroxyl groups is 1. The van der Waals surface area contributed by atoms with Crippen LogP contribution in [0, 0.1) is 0 Å². The van der Waals surface area contributed by atoms with Gasteiger partial charge in [-0.05, 0) is 13.3 Å². The van der Waals surface area contributed by atoms with Crippen molar-refractivity contribution in [3.8, 4) is 0 Å². The first-order valence-electron chi connectivity index (χ1n) is 10.8. The SMILES string of the molecule is CCCCCCCCCCCCCCCCCC(=O)NCNC(C)O. The fourth-order valence-electron chi connectivity index (χ4n) is 3.04. The molecule has 1 atom stereocenters. The van der Waals surface area contributed by atoms with Gasteiger partial charge in [0.25, 0.3) is 0 Å². The lowest BCUT2D eigenvalue weighted by Crippen LogP contribution is -2.38. The second kappa shape index (κ2) is 19.7. The van der Waals surface area contributed by atoms with Crippen LogP contribution in [-0.2, 0) is 4.79 Å². The molecule has 0 saturated carbocycles. The summed E-state index contributed by atoms with van der Waals surface area (Å²) in [6.45, 7) is 4.26. The Hall–Kier alpha value is -0.610. The van der Waals surface area contributed by atoms with Gasteiger partial charge in [0.1, 0.15) is 6.23 Å². The van der Waals surface area contributed by atoms with E-state index in [9.17, 15) is 4.79 Å². The van der Waals surface area contributed by atoms with Crippen molar-refractivity contribution in [2.24, 2.45) is 0 Å². The number of amides is 1. The summed E-state index contributed by atoms with van der Waals surface area (Å²) in [5, 5.41) is 14.5. The van der Waals surface area contributed by atoms with Crippen LogP contribution in [0.3, 0.4) is 0 Å². The molecule has 0 aliphatic carbocycles. The smallest absolute Gasteiger partial charge is 0.220 e. The third-order valence-electron chi connectivity index (χ3n) is 4.69. The molecule has 4 nitrogen and oxygen atoms in total. The van der Waals surface area contributed by atoms with Crippen molar-refractivity contribution in [3.63, 3.8) is 0 Å². The highest BCUT2D eigenvalue weighted by molar-refractivity contribution is 5.75. The molecule has 0 aromatic heterocycles. The zero-order valence-corrected chi connectivity index (χ0v) is 17.0. The Labute approximate surface area is 156 Å². The van der Waals surface area contributed by atoms with Gasteiger partial charge >= 0.3 is 0 Å². The molecule has 0 aliphatic rings. The van der Waals surface area contributed by atoms with E-state index in [1.165, 1.54) is 83.5 Å². The molecule has 1 amide bonds. The maximum Gasteiger partial charge on any atom is 0.220 e. The third-order valence-corrected chi connectivity index (χ3v) is 4.69. The van der Waals surface area contributed by atoms with Crippen LogP contribution in [0.1, 0.15) is 117 Å². The minimum absolute atomic E-state index is 0.0721. The number of hydrogen-bond acceptors (Lipinski definition) is 3. The van der Waals surface area contributed by atoms with E-state index in [1.807, 2.05) is 0 Å². The van der Waals surface area contributed by atoms with Gasteiger partial charge in [-0.3, -0.25) is 10.1 Å². The highest BCUT2D eigenvalue weighted by Gasteiger charge is 2.01. The van der Waals surface area contributed by atoms with Crippen molar-refractivity contribution in [2.45, 2.75) is 123 Å². The fraction of sp³-hybridized carbons (Fsp3) is 0.952. The first kappa shape index (κ1) is 24.4. The molecular weight excluding hydrogens is 312 g/mol. The predicted molar refractivity (Wildman–Crippen MR) is 107 cm³/mol. The van der Waals surface area contributed by atoms with Crippen molar-refractivity contribution < 1.29 is 9.90 Å². The van der Waals surface area contributed by atoms with E-state index >= 15 is 0 Å². The van der Waals surface area contributed by atoms with Gasteiger partial charge in [-0.15, -0.1) is 0 Å². The van der Waals surface area contributed by atoms with Gasteiger partial charge in [0.15, 0.2) is 0 Å².